The van der Waals surface area contributed by atoms with Gasteiger partial charge in [-0.1, -0.05) is 19.3 Å². The maximum atomic E-state index is 6.04. The Balaban J connectivity index is 1.90. The van der Waals surface area contributed by atoms with E-state index in [-0.39, 0.29) is 5.60 Å². The minimum absolute atomic E-state index is 0.0742. The third kappa shape index (κ3) is 3.36. The average Bonchev–Trinajstić information content (AvgIpc) is 2.47. The van der Waals surface area contributed by atoms with Crippen molar-refractivity contribution in [1.29, 1.82) is 0 Å². The molecule has 2 N–H and O–H groups in total. The molecule has 1 saturated heterocycles. The van der Waals surface area contributed by atoms with E-state index in [0.717, 1.165) is 39.1 Å². The summed E-state index contributed by atoms with van der Waals surface area (Å²) < 4.78 is 11.0. The highest BCUT2D eigenvalue weighted by Gasteiger charge is 2.31. The van der Waals surface area contributed by atoms with Crippen LogP contribution >= 0.6 is 0 Å². The van der Waals surface area contributed by atoms with Crippen molar-refractivity contribution in [2.45, 2.75) is 37.7 Å². The average molecular weight is 255 g/mol. The van der Waals surface area contributed by atoms with E-state index in [2.05, 4.69) is 9.89 Å². The first-order chi connectivity index (χ1) is 8.76. The number of ether oxygens (including phenoxy) is 2. The molecule has 1 saturated carbocycles. The molecule has 0 bridgehead atoms. The fraction of sp³-hybridized carbons (Fsp3) is 0.923. The smallest absolute Gasteiger partial charge is 0.191 e. The van der Waals surface area contributed by atoms with E-state index in [0.29, 0.717) is 12.5 Å². The van der Waals surface area contributed by atoms with Crippen molar-refractivity contribution in [2.24, 2.45) is 10.7 Å². The van der Waals surface area contributed by atoms with Crippen LogP contribution in [0.5, 0.6) is 0 Å². The fourth-order valence-electron chi connectivity index (χ4n) is 2.74. The Morgan fingerprint density at radius 1 is 1.28 bits per heavy atom. The highest BCUT2D eigenvalue weighted by atomic mass is 16.5. The van der Waals surface area contributed by atoms with E-state index >= 15 is 0 Å². The minimum atomic E-state index is -0.0742. The standard InChI is InChI=1S/C13H25N3O2/c1-17-13(5-3-2-4-6-13)11-15-12(14)16-7-9-18-10-8-16/h2-11H2,1H3,(H2,14,15). The number of methoxy groups -OCH3 is 1. The van der Waals surface area contributed by atoms with Crippen molar-refractivity contribution < 1.29 is 9.47 Å². The molecule has 2 rings (SSSR count). The summed E-state index contributed by atoms with van der Waals surface area (Å²) in [6.45, 7) is 3.86. The molecule has 0 unspecified atom stereocenters. The number of hydrogen-bond donors (Lipinski definition) is 1. The lowest BCUT2D eigenvalue weighted by atomic mass is 9.85. The molecule has 5 heteroatoms. The Labute approximate surface area is 109 Å². The van der Waals surface area contributed by atoms with Gasteiger partial charge in [-0.15, -0.1) is 0 Å². The van der Waals surface area contributed by atoms with E-state index < -0.39 is 0 Å². The van der Waals surface area contributed by atoms with Crippen LogP contribution in [0.15, 0.2) is 4.99 Å². The summed E-state index contributed by atoms with van der Waals surface area (Å²) in [4.78, 5) is 6.65. The van der Waals surface area contributed by atoms with Crippen LogP contribution in [-0.4, -0.2) is 56.4 Å². The normalized spacial score (nSPS) is 25.2. The van der Waals surface area contributed by atoms with Crippen LogP contribution < -0.4 is 5.73 Å². The molecule has 2 fully saturated rings. The molecule has 0 aromatic rings. The second-order valence-electron chi connectivity index (χ2n) is 5.22. The number of rotatable bonds is 3. The van der Waals surface area contributed by atoms with Crippen molar-refractivity contribution in [1.82, 2.24) is 4.90 Å². The summed E-state index contributed by atoms with van der Waals surface area (Å²) in [7, 11) is 1.80. The zero-order chi connectivity index (χ0) is 12.8. The SMILES string of the molecule is COC1(CN=C(N)N2CCOCC2)CCCCC1. The molecule has 0 aromatic carbocycles. The van der Waals surface area contributed by atoms with Gasteiger partial charge in [0.25, 0.3) is 0 Å². The van der Waals surface area contributed by atoms with Gasteiger partial charge in [-0.2, -0.15) is 0 Å². The predicted molar refractivity (Wildman–Crippen MR) is 71.7 cm³/mol. The Kier molecular flexibility index (Phi) is 4.83. The molecule has 0 amide bonds. The highest BCUT2D eigenvalue weighted by molar-refractivity contribution is 5.78. The van der Waals surface area contributed by atoms with Crippen molar-refractivity contribution in [2.75, 3.05) is 40.0 Å². The van der Waals surface area contributed by atoms with Crippen LogP contribution in [0.1, 0.15) is 32.1 Å². The van der Waals surface area contributed by atoms with E-state index in [4.69, 9.17) is 15.2 Å². The number of guanidine groups is 1. The highest BCUT2D eigenvalue weighted by Crippen LogP contribution is 2.31. The first kappa shape index (κ1) is 13.6. The Morgan fingerprint density at radius 3 is 2.56 bits per heavy atom. The second kappa shape index (κ2) is 6.38. The predicted octanol–water partition coefficient (Wildman–Crippen LogP) is 0.983. The van der Waals surface area contributed by atoms with Gasteiger partial charge >= 0.3 is 0 Å². The van der Waals surface area contributed by atoms with Crippen LogP contribution in [-0.2, 0) is 9.47 Å². The molecule has 18 heavy (non-hydrogen) atoms. The number of aliphatic imine (C=N–C) groups is 1. The van der Waals surface area contributed by atoms with E-state index in [1.807, 2.05) is 0 Å². The van der Waals surface area contributed by atoms with Crippen molar-refractivity contribution >= 4 is 5.96 Å². The maximum Gasteiger partial charge on any atom is 0.191 e. The third-order valence-electron chi connectivity index (χ3n) is 4.06. The van der Waals surface area contributed by atoms with Crippen LogP contribution in [0.3, 0.4) is 0 Å². The maximum absolute atomic E-state index is 6.04. The van der Waals surface area contributed by atoms with Crippen LogP contribution in [0, 0.1) is 0 Å². The zero-order valence-corrected chi connectivity index (χ0v) is 11.4. The Bertz CT molecular complexity index is 282. The Morgan fingerprint density at radius 2 is 1.94 bits per heavy atom. The summed E-state index contributed by atoms with van der Waals surface area (Å²) in [6.07, 6.45) is 5.99. The van der Waals surface area contributed by atoms with Gasteiger partial charge in [-0.05, 0) is 12.8 Å². The van der Waals surface area contributed by atoms with Gasteiger partial charge < -0.3 is 20.1 Å². The molecular formula is C13H25N3O2. The summed E-state index contributed by atoms with van der Waals surface area (Å²) >= 11 is 0. The van der Waals surface area contributed by atoms with E-state index in [9.17, 15) is 0 Å². The van der Waals surface area contributed by atoms with E-state index in [1.54, 1.807) is 7.11 Å². The number of nitrogens with zero attached hydrogens (tertiary/aromatic N) is 2. The number of hydrogen-bond acceptors (Lipinski definition) is 3. The first-order valence-electron chi connectivity index (χ1n) is 6.93. The molecule has 2 aliphatic rings. The Hall–Kier alpha value is -0.810. The summed E-state index contributed by atoms with van der Waals surface area (Å²) in [6, 6.07) is 0. The lowest BCUT2D eigenvalue weighted by Gasteiger charge is -2.35. The molecule has 5 nitrogen and oxygen atoms in total. The second-order valence-corrected chi connectivity index (χ2v) is 5.22. The summed E-state index contributed by atoms with van der Waals surface area (Å²) in [5.41, 5.74) is 5.97. The van der Waals surface area contributed by atoms with Gasteiger partial charge in [-0.3, -0.25) is 4.99 Å². The van der Waals surface area contributed by atoms with E-state index in [1.165, 1.54) is 19.3 Å². The lowest BCUT2D eigenvalue weighted by Crippen LogP contribution is -2.46. The topological polar surface area (TPSA) is 60.1 Å². The van der Waals surface area contributed by atoms with Crippen LogP contribution in [0.2, 0.25) is 0 Å². The largest absolute Gasteiger partial charge is 0.378 e. The number of nitrogens with two attached hydrogens (primary N) is 1. The molecule has 1 aliphatic carbocycles. The van der Waals surface area contributed by atoms with Crippen LogP contribution in [0.25, 0.3) is 0 Å². The van der Waals surface area contributed by atoms with Gasteiger partial charge in [0.05, 0.1) is 25.4 Å². The molecule has 0 atom stereocenters. The van der Waals surface area contributed by atoms with Gasteiger partial charge in [0.1, 0.15) is 0 Å². The zero-order valence-electron chi connectivity index (χ0n) is 11.4. The molecule has 0 aromatic heterocycles. The quantitative estimate of drug-likeness (QED) is 0.603. The fourth-order valence-corrected chi connectivity index (χ4v) is 2.74. The van der Waals surface area contributed by atoms with Gasteiger partial charge in [0.2, 0.25) is 0 Å². The summed E-state index contributed by atoms with van der Waals surface area (Å²) in [5.74, 6) is 0.639. The van der Waals surface area contributed by atoms with Gasteiger partial charge in [0, 0.05) is 20.2 Å². The molecular weight excluding hydrogens is 230 g/mol. The monoisotopic (exact) mass is 255 g/mol. The molecule has 104 valence electrons. The molecule has 1 heterocycles. The molecule has 0 spiro atoms. The van der Waals surface area contributed by atoms with Crippen molar-refractivity contribution in [3.8, 4) is 0 Å². The first-order valence-corrected chi connectivity index (χ1v) is 6.93. The molecule has 1 aliphatic heterocycles. The van der Waals surface area contributed by atoms with Gasteiger partial charge in [0.15, 0.2) is 5.96 Å². The van der Waals surface area contributed by atoms with Crippen molar-refractivity contribution in [3.05, 3.63) is 0 Å². The number of morpholine rings is 1. The summed E-state index contributed by atoms with van der Waals surface area (Å²) in [5, 5.41) is 0. The van der Waals surface area contributed by atoms with Gasteiger partial charge in [-0.25, -0.2) is 0 Å². The molecule has 0 radical (unpaired) electrons. The van der Waals surface area contributed by atoms with Crippen LogP contribution in [0.4, 0.5) is 0 Å². The lowest BCUT2D eigenvalue weighted by molar-refractivity contribution is -0.0311. The third-order valence-corrected chi connectivity index (χ3v) is 4.06. The minimum Gasteiger partial charge on any atom is -0.378 e. The van der Waals surface area contributed by atoms with Crippen molar-refractivity contribution in [3.63, 3.8) is 0 Å².